The van der Waals surface area contributed by atoms with Crippen LogP contribution >= 0.6 is 22.6 Å². The summed E-state index contributed by atoms with van der Waals surface area (Å²) >= 11 is 2.11. The van der Waals surface area contributed by atoms with Gasteiger partial charge in [0.15, 0.2) is 23.9 Å². The lowest BCUT2D eigenvalue weighted by molar-refractivity contribution is -0.145. The molecule has 0 aliphatic rings. The lowest BCUT2D eigenvalue weighted by atomic mass is 10.2. The van der Waals surface area contributed by atoms with Crippen molar-refractivity contribution >= 4 is 45.7 Å². The number of fused-ring (bicyclic) bond motifs is 1. The summed E-state index contributed by atoms with van der Waals surface area (Å²) in [7, 11) is 0. The van der Waals surface area contributed by atoms with Gasteiger partial charge in [0.25, 0.3) is 5.56 Å². The molecule has 0 bridgehead atoms. The molecule has 0 spiro atoms. The third kappa shape index (κ3) is 5.73. The van der Waals surface area contributed by atoms with Gasteiger partial charge in [-0.3, -0.25) is 4.79 Å². The van der Waals surface area contributed by atoms with E-state index in [0.717, 1.165) is 9.13 Å². The van der Waals surface area contributed by atoms with Crippen molar-refractivity contribution in [3.63, 3.8) is 0 Å². The highest BCUT2D eigenvalue weighted by Crippen LogP contribution is 2.34. The van der Waals surface area contributed by atoms with Crippen LogP contribution in [0.25, 0.3) is 22.3 Å². The lowest BCUT2D eigenvalue weighted by Gasteiger charge is -2.14. The topological polar surface area (TPSA) is 92.0 Å². The summed E-state index contributed by atoms with van der Waals surface area (Å²) < 4.78 is 18.4. The molecule has 0 radical (unpaired) electrons. The molecule has 4 aromatic rings. The van der Waals surface area contributed by atoms with Crippen LogP contribution in [-0.2, 0) is 9.53 Å². The van der Waals surface area contributed by atoms with Crippen LogP contribution in [0, 0.1) is 3.57 Å². The Morgan fingerprint density at radius 2 is 1.78 bits per heavy atom. The van der Waals surface area contributed by atoms with Gasteiger partial charge in [-0.15, -0.1) is 0 Å². The van der Waals surface area contributed by atoms with Crippen LogP contribution in [0.4, 0.5) is 0 Å². The van der Waals surface area contributed by atoms with Crippen LogP contribution in [0.5, 0.6) is 11.5 Å². The molecule has 9 heteroatoms. The van der Waals surface area contributed by atoms with Gasteiger partial charge >= 0.3 is 5.97 Å². The van der Waals surface area contributed by atoms with Crippen LogP contribution in [0.1, 0.15) is 19.4 Å². The summed E-state index contributed by atoms with van der Waals surface area (Å²) in [4.78, 5) is 29.8. The van der Waals surface area contributed by atoms with Crippen LogP contribution < -0.4 is 15.0 Å². The second kappa shape index (κ2) is 11.8. The Kier molecular flexibility index (Phi) is 8.32. The van der Waals surface area contributed by atoms with Crippen LogP contribution in [0.2, 0.25) is 0 Å². The summed E-state index contributed by atoms with van der Waals surface area (Å²) in [5.41, 5.74) is 1.78. The molecule has 0 saturated carbocycles. The molecule has 0 saturated heterocycles. The van der Waals surface area contributed by atoms with E-state index in [2.05, 4.69) is 27.7 Å². The Balaban J connectivity index is 1.75. The highest BCUT2D eigenvalue weighted by molar-refractivity contribution is 14.1. The highest BCUT2D eigenvalue weighted by atomic mass is 127. The molecule has 3 aromatic carbocycles. The number of ether oxygens (including phenoxy) is 3. The molecule has 8 nitrogen and oxygen atoms in total. The Morgan fingerprint density at radius 3 is 2.53 bits per heavy atom. The van der Waals surface area contributed by atoms with Gasteiger partial charge in [-0.2, -0.15) is 9.78 Å². The summed E-state index contributed by atoms with van der Waals surface area (Å²) in [6.45, 7) is 4.05. The first-order valence-electron chi connectivity index (χ1n) is 11.4. The molecule has 0 N–H and O–H groups in total. The monoisotopic (exact) mass is 597 g/mol. The number of esters is 1. The van der Waals surface area contributed by atoms with Gasteiger partial charge in [-0.25, -0.2) is 9.78 Å². The number of nitrogens with zero attached hydrogens (tertiary/aromatic N) is 3. The second-order valence-corrected chi connectivity index (χ2v) is 8.70. The van der Waals surface area contributed by atoms with Gasteiger partial charge in [-0.1, -0.05) is 42.5 Å². The molecule has 1 heterocycles. The molecular weight excluding hydrogens is 573 g/mol. The third-order valence-corrected chi connectivity index (χ3v) is 5.88. The number of benzene rings is 3. The predicted octanol–water partition coefficient (Wildman–Crippen LogP) is 4.89. The summed E-state index contributed by atoms with van der Waals surface area (Å²) in [5.74, 6) is 0.877. The molecule has 0 unspecified atom stereocenters. The van der Waals surface area contributed by atoms with Gasteiger partial charge in [0, 0.05) is 5.56 Å². The van der Waals surface area contributed by atoms with Gasteiger partial charge in [0.05, 0.1) is 33.9 Å². The number of carbonyl (C=O) groups is 1. The number of aromatic nitrogens is 2. The quantitative estimate of drug-likeness (QED) is 0.155. The summed E-state index contributed by atoms with van der Waals surface area (Å²) in [6.07, 6.45) is 1.57. The Bertz CT molecular complexity index is 1470. The van der Waals surface area contributed by atoms with E-state index in [-0.39, 0.29) is 18.8 Å². The van der Waals surface area contributed by atoms with Crippen LogP contribution in [0.3, 0.4) is 0 Å². The van der Waals surface area contributed by atoms with E-state index < -0.39 is 5.97 Å². The van der Waals surface area contributed by atoms with E-state index in [1.807, 2.05) is 55.5 Å². The maximum absolute atomic E-state index is 13.4. The molecule has 0 aliphatic heterocycles. The van der Waals surface area contributed by atoms with E-state index in [0.29, 0.717) is 40.4 Å². The SMILES string of the molecule is CCOC(=O)COc1c(I)cc(C=Nn2c(-c3ccccc3)nc3ccccc3c2=O)cc1OCC. The maximum atomic E-state index is 13.4. The fourth-order valence-electron chi connectivity index (χ4n) is 3.53. The minimum absolute atomic E-state index is 0.226. The van der Waals surface area contributed by atoms with Gasteiger partial charge in [0.1, 0.15) is 0 Å². The van der Waals surface area contributed by atoms with Crippen molar-refractivity contribution in [2.45, 2.75) is 13.8 Å². The first kappa shape index (κ1) is 25.4. The summed E-state index contributed by atoms with van der Waals surface area (Å²) in [6, 6.07) is 20.2. The smallest absolute Gasteiger partial charge is 0.344 e. The maximum Gasteiger partial charge on any atom is 0.344 e. The van der Waals surface area contributed by atoms with Gasteiger partial charge in [0.2, 0.25) is 0 Å². The van der Waals surface area contributed by atoms with Crippen molar-refractivity contribution in [2.75, 3.05) is 19.8 Å². The first-order valence-corrected chi connectivity index (χ1v) is 12.5. The van der Waals surface area contributed by atoms with Crippen molar-refractivity contribution in [3.05, 3.63) is 86.2 Å². The number of rotatable bonds is 9. The number of hydrogen-bond acceptors (Lipinski definition) is 7. The van der Waals surface area contributed by atoms with Crippen molar-refractivity contribution in [1.29, 1.82) is 0 Å². The van der Waals surface area contributed by atoms with E-state index in [1.165, 1.54) is 4.68 Å². The van der Waals surface area contributed by atoms with Crippen molar-refractivity contribution in [2.24, 2.45) is 5.10 Å². The Labute approximate surface area is 221 Å². The number of carbonyl (C=O) groups excluding carboxylic acids is 1. The molecule has 1 aromatic heterocycles. The average molecular weight is 597 g/mol. The first-order chi connectivity index (χ1) is 17.5. The van der Waals surface area contributed by atoms with Crippen molar-refractivity contribution in [1.82, 2.24) is 9.66 Å². The number of halogens is 1. The molecule has 36 heavy (non-hydrogen) atoms. The molecule has 184 valence electrons. The molecule has 0 fully saturated rings. The minimum Gasteiger partial charge on any atom is -0.490 e. The number of hydrogen-bond donors (Lipinski definition) is 0. The zero-order chi connectivity index (χ0) is 25.5. The standard InChI is InChI=1S/C27H24IN3O5/c1-3-34-23-15-18(14-21(28)25(23)36-17-24(32)35-4-2)16-29-31-26(19-10-6-5-7-11-19)30-22-13-9-8-12-20(22)27(31)33/h5-16H,3-4,17H2,1-2H3. The van der Waals surface area contributed by atoms with E-state index in [9.17, 15) is 9.59 Å². The molecule has 0 atom stereocenters. The van der Waals surface area contributed by atoms with Gasteiger partial charge in [-0.05, 0) is 66.3 Å². The highest BCUT2D eigenvalue weighted by Gasteiger charge is 2.15. The fraction of sp³-hybridized carbons (Fsp3) is 0.185. The predicted molar refractivity (Wildman–Crippen MR) is 147 cm³/mol. The average Bonchev–Trinajstić information content (AvgIpc) is 2.88. The molecule has 4 rings (SSSR count). The zero-order valence-corrected chi connectivity index (χ0v) is 22.0. The number of para-hydroxylation sites is 1. The molecule has 0 amide bonds. The largest absolute Gasteiger partial charge is 0.490 e. The minimum atomic E-state index is -0.460. The molecule has 0 aliphatic carbocycles. The van der Waals surface area contributed by atoms with Crippen molar-refractivity contribution < 1.29 is 19.0 Å². The Morgan fingerprint density at radius 1 is 1.03 bits per heavy atom. The van der Waals surface area contributed by atoms with Crippen LogP contribution in [0.15, 0.2) is 76.6 Å². The fourth-order valence-corrected chi connectivity index (χ4v) is 4.31. The molecular formula is C27H24IN3O5. The Hall–Kier alpha value is -3.73. The zero-order valence-electron chi connectivity index (χ0n) is 19.8. The summed E-state index contributed by atoms with van der Waals surface area (Å²) in [5, 5.41) is 4.99. The normalized spacial score (nSPS) is 11.1. The van der Waals surface area contributed by atoms with E-state index in [1.54, 1.807) is 31.3 Å². The lowest BCUT2D eigenvalue weighted by Crippen LogP contribution is -2.20. The third-order valence-electron chi connectivity index (χ3n) is 5.08. The second-order valence-electron chi connectivity index (χ2n) is 7.54. The van der Waals surface area contributed by atoms with E-state index >= 15 is 0 Å². The van der Waals surface area contributed by atoms with Crippen LogP contribution in [-0.4, -0.2) is 41.7 Å². The van der Waals surface area contributed by atoms with Crippen molar-refractivity contribution in [3.8, 4) is 22.9 Å². The van der Waals surface area contributed by atoms with Gasteiger partial charge < -0.3 is 14.2 Å². The van der Waals surface area contributed by atoms with E-state index in [4.69, 9.17) is 19.2 Å².